The van der Waals surface area contributed by atoms with Crippen LogP contribution in [0.15, 0.2) is 48.5 Å². The van der Waals surface area contributed by atoms with E-state index in [0.29, 0.717) is 24.8 Å². The Morgan fingerprint density at radius 3 is 2.61 bits per heavy atom. The van der Waals surface area contributed by atoms with Crippen LogP contribution in [0, 0.1) is 17.7 Å². The van der Waals surface area contributed by atoms with Crippen molar-refractivity contribution in [1.82, 2.24) is 9.80 Å². The fourth-order valence-corrected chi connectivity index (χ4v) is 5.53. The van der Waals surface area contributed by atoms with Gasteiger partial charge >= 0.3 is 0 Å². The first-order valence-electron chi connectivity index (χ1n) is 10.5. The normalized spacial score (nSPS) is 28.8. The van der Waals surface area contributed by atoms with Gasteiger partial charge in [0.15, 0.2) is 0 Å². The number of nitrogens with zero attached hydrogens (tertiary/aromatic N) is 2. The molecule has 2 bridgehead atoms. The van der Waals surface area contributed by atoms with Crippen LogP contribution in [0.25, 0.3) is 0 Å². The number of carbonyl (C=O) groups excluding carboxylic acids is 1. The second-order valence-electron chi connectivity index (χ2n) is 8.60. The summed E-state index contributed by atoms with van der Waals surface area (Å²) in [7, 11) is 0. The molecular weight excluding hydrogens is 351 g/mol. The van der Waals surface area contributed by atoms with Gasteiger partial charge in [0.2, 0.25) is 5.91 Å². The predicted octanol–water partition coefficient (Wildman–Crippen LogP) is 4.03. The minimum atomic E-state index is -0.245. The Bertz CT molecular complexity index is 874. The number of amides is 1. The lowest BCUT2D eigenvalue weighted by molar-refractivity contribution is -0.136. The molecule has 2 aromatic rings. The number of halogens is 1. The molecule has 3 fully saturated rings. The molecule has 2 aromatic carbocycles. The third kappa shape index (κ3) is 3.24. The maximum Gasteiger partial charge on any atom is 0.223 e. The number of hydrogen-bond acceptors (Lipinski definition) is 2. The van der Waals surface area contributed by atoms with E-state index in [4.69, 9.17) is 0 Å². The van der Waals surface area contributed by atoms with E-state index in [1.54, 1.807) is 12.1 Å². The molecule has 28 heavy (non-hydrogen) atoms. The molecular formula is C24H27FN2O. The summed E-state index contributed by atoms with van der Waals surface area (Å²) in [5, 5.41) is 0. The van der Waals surface area contributed by atoms with E-state index in [0.717, 1.165) is 24.1 Å². The largest absolute Gasteiger partial charge is 0.331 e. The van der Waals surface area contributed by atoms with Crippen molar-refractivity contribution in [3.05, 3.63) is 71.0 Å². The molecule has 6 rings (SSSR count). The first kappa shape index (κ1) is 17.9. The van der Waals surface area contributed by atoms with Gasteiger partial charge in [0.05, 0.1) is 6.04 Å². The number of fused-ring (bicyclic) bond motifs is 4. The molecule has 0 N–H and O–H groups in total. The average Bonchev–Trinajstić information content (AvgIpc) is 2.73. The molecule has 0 spiro atoms. The molecule has 2 atom stereocenters. The SMILES string of the molecule is O=C(C[C@@H]1CN2CCC1CC2)N1CCc2ccccc2[C@H]1c1cccc(F)c1. The standard InChI is InChI=1S/C24H27FN2O/c25-21-6-3-5-19(14-21)24-22-7-2-1-4-18(22)10-13-27(24)23(28)15-20-16-26-11-8-17(20)9-12-26/h1-7,14,17,20,24H,8-13,15-16H2/t20-,24-/m1/s1. The minimum absolute atomic E-state index is 0.186. The second-order valence-corrected chi connectivity index (χ2v) is 8.60. The van der Waals surface area contributed by atoms with Gasteiger partial charge in [-0.2, -0.15) is 0 Å². The molecule has 0 aliphatic carbocycles. The molecule has 1 amide bonds. The summed E-state index contributed by atoms with van der Waals surface area (Å²) >= 11 is 0. The highest BCUT2D eigenvalue weighted by Gasteiger charge is 2.38. The highest BCUT2D eigenvalue weighted by Crippen LogP contribution is 2.38. The zero-order valence-electron chi connectivity index (χ0n) is 16.2. The third-order valence-electron chi connectivity index (χ3n) is 7.00. The van der Waals surface area contributed by atoms with Crippen molar-refractivity contribution in [2.45, 2.75) is 31.7 Å². The van der Waals surface area contributed by atoms with Gasteiger partial charge in [-0.15, -0.1) is 0 Å². The molecule has 3 saturated heterocycles. The van der Waals surface area contributed by atoms with Gasteiger partial charge < -0.3 is 9.80 Å². The number of benzene rings is 2. The Labute approximate surface area is 166 Å². The highest BCUT2D eigenvalue weighted by molar-refractivity contribution is 5.78. The van der Waals surface area contributed by atoms with Gasteiger partial charge in [-0.3, -0.25) is 4.79 Å². The third-order valence-corrected chi connectivity index (χ3v) is 7.00. The first-order valence-corrected chi connectivity index (χ1v) is 10.5. The van der Waals surface area contributed by atoms with Crippen LogP contribution in [0.4, 0.5) is 4.39 Å². The molecule has 4 aliphatic heterocycles. The van der Waals surface area contributed by atoms with Gasteiger partial charge in [0, 0.05) is 19.5 Å². The quantitative estimate of drug-likeness (QED) is 0.805. The Kier molecular flexibility index (Phi) is 4.67. The van der Waals surface area contributed by atoms with Crippen LogP contribution < -0.4 is 0 Å². The van der Waals surface area contributed by atoms with Crippen LogP contribution in [-0.4, -0.2) is 41.9 Å². The molecule has 0 unspecified atom stereocenters. The van der Waals surface area contributed by atoms with E-state index in [2.05, 4.69) is 17.0 Å². The molecule has 4 heteroatoms. The zero-order valence-corrected chi connectivity index (χ0v) is 16.2. The van der Waals surface area contributed by atoms with E-state index >= 15 is 0 Å². The smallest absolute Gasteiger partial charge is 0.223 e. The van der Waals surface area contributed by atoms with Gasteiger partial charge in [0.1, 0.15) is 5.82 Å². The maximum absolute atomic E-state index is 14.0. The van der Waals surface area contributed by atoms with Gasteiger partial charge in [-0.25, -0.2) is 4.39 Å². The van der Waals surface area contributed by atoms with Crippen LogP contribution in [0.1, 0.15) is 42.0 Å². The van der Waals surface area contributed by atoms with Gasteiger partial charge in [-0.05, 0) is 73.0 Å². The molecule has 4 heterocycles. The van der Waals surface area contributed by atoms with Gasteiger partial charge in [0.25, 0.3) is 0 Å². The number of piperidine rings is 3. The van der Waals surface area contributed by atoms with Crippen molar-refractivity contribution >= 4 is 5.91 Å². The van der Waals surface area contributed by atoms with Crippen LogP contribution in [0.5, 0.6) is 0 Å². The van der Waals surface area contributed by atoms with Crippen molar-refractivity contribution < 1.29 is 9.18 Å². The summed E-state index contributed by atoms with van der Waals surface area (Å²) in [5.41, 5.74) is 3.28. The molecule has 146 valence electrons. The van der Waals surface area contributed by atoms with Crippen molar-refractivity contribution in [2.75, 3.05) is 26.2 Å². The number of rotatable bonds is 3. The monoisotopic (exact) mass is 378 g/mol. The van der Waals surface area contributed by atoms with Crippen LogP contribution in [0.3, 0.4) is 0 Å². The fraction of sp³-hybridized carbons (Fsp3) is 0.458. The van der Waals surface area contributed by atoms with E-state index in [1.165, 1.54) is 37.6 Å². The Morgan fingerprint density at radius 2 is 1.86 bits per heavy atom. The van der Waals surface area contributed by atoms with Crippen molar-refractivity contribution in [2.24, 2.45) is 11.8 Å². The first-order chi connectivity index (χ1) is 13.7. The molecule has 0 radical (unpaired) electrons. The summed E-state index contributed by atoms with van der Waals surface area (Å²) in [6.07, 6.45) is 3.95. The molecule has 0 aromatic heterocycles. The number of carbonyl (C=O) groups is 1. The fourth-order valence-electron chi connectivity index (χ4n) is 5.53. The van der Waals surface area contributed by atoms with Gasteiger partial charge in [-0.1, -0.05) is 36.4 Å². The summed E-state index contributed by atoms with van der Waals surface area (Å²) in [5.74, 6) is 1.15. The summed E-state index contributed by atoms with van der Waals surface area (Å²) < 4.78 is 14.0. The Balaban J connectivity index is 1.44. The minimum Gasteiger partial charge on any atom is -0.331 e. The van der Waals surface area contributed by atoms with E-state index in [9.17, 15) is 9.18 Å². The van der Waals surface area contributed by atoms with Crippen molar-refractivity contribution in [3.8, 4) is 0 Å². The lowest BCUT2D eigenvalue weighted by atomic mass is 9.77. The second kappa shape index (κ2) is 7.32. The summed E-state index contributed by atoms with van der Waals surface area (Å²) in [6, 6.07) is 14.9. The maximum atomic E-state index is 14.0. The van der Waals surface area contributed by atoms with Crippen LogP contribution >= 0.6 is 0 Å². The molecule has 0 saturated carbocycles. The van der Waals surface area contributed by atoms with E-state index in [-0.39, 0.29) is 17.8 Å². The summed E-state index contributed by atoms with van der Waals surface area (Å²) in [4.78, 5) is 18.0. The molecule has 3 nitrogen and oxygen atoms in total. The van der Waals surface area contributed by atoms with E-state index in [1.807, 2.05) is 23.1 Å². The summed E-state index contributed by atoms with van der Waals surface area (Å²) in [6.45, 7) is 4.15. The number of hydrogen-bond donors (Lipinski definition) is 0. The highest BCUT2D eigenvalue weighted by atomic mass is 19.1. The Hall–Kier alpha value is -2.20. The molecule has 4 aliphatic rings. The van der Waals surface area contributed by atoms with E-state index < -0.39 is 0 Å². The van der Waals surface area contributed by atoms with Crippen LogP contribution in [0.2, 0.25) is 0 Å². The lowest BCUT2D eigenvalue weighted by Crippen LogP contribution is -2.49. The van der Waals surface area contributed by atoms with Crippen LogP contribution in [-0.2, 0) is 11.2 Å². The zero-order chi connectivity index (χ0) is 19.1. The van der Waals surface area contributed by atoms with Crippen molar-refractivity contribution in [3.63, 3.8) is 0 Å². The lowest BCUT2D eigenvalue weighted by Gasteiger charge is -2.46. The average molecular weight is 378 g/mol. The topological polar surface area (TPSA) is 23.6 Å². The predicted molar refractivity (Wildman–Crippen MR) is 107 cm³/mol. The Morgan fingerprint density at radius 1 is 1.04 bits per heavy atom. The van der Waals surface area contributed by atoms with Crippen molar-refractivity contribution in [1.29, 1.82) is 0 Å².